The quantitative estimate of drug-likeness (QED) is 0.304. The van der Waals surface area contributed by atoms with E-state index in [0.717, 1.165) is 6.42 Å². The zero-order chi connectivity index (χ0) is 6.57. The molecule has 0 spiro atoms. The van der Waals surface area contributed by atoms with E-state index in [1.165, 1.54) is 0 Å². The van der Waals surface area contributed by atoms with E-state index in [9.17, 15) is 0 Å². The van der Waals surface area contributed by atoms with E-state index in [1.54, 1.807) is 5.01 Å². The number of hydrazine groups is 1. The predicted molar refractivity (Wildman–Crippen MR) is 35.1 cm³/mol. The summed E-state index contributed by atoms with van der Waals surface area (Å²) < 4.78 is 0. The number of nitrogens with one attached hydrogen (secondary N) is 1. The van der Waals surface area contributed by atoms with Crippen molar-refractivity contribution in [3.05, 3.63) is 0 Å². The van der Waals surface area contributed by atoms with Crippen LogP contribution in [-0.4, -0.2) is 25.3 Å². The minimum Gasteiger partial charge on any atom is -0.304 e. The summed E-state index contributed by atoms with van der Waals surface area (Å²) in [7, 11) is 3.75. The Morgan fingerprint density at radius 2 is 2.25 bits per heavy atom. The fraction of sp³-hybridized carbons (Fsp3) is 1.00. The van der Waals surface area contributed by atoms with Gasteiger partial charge in [-0.3, -0.25) is 5.84 Å². The summed E-state index contributed by atoms with van der Waals surface area (Å²) in [5.41, 5.74) is 0. The summed E-state index contributed by atoms with van der Waals surface area (Å²) in [6, 6.07) is 0. The molecule has 3 heteroatoms. The molecule has 0 saturated heterocycles. The van der Waals surface area contributed by atoms with E-state index in [1.807, 2.05) is 14.1 Å². The highest BCUT2D eigenvalue weighted by atomic mass is 15.4. The van der Waals surface area contributed by atoms with Gasteiger partial charge in [0.2, 0.25) is 0 Å². The minimum absolute atomic E-state index is 0.315. The molecule has 0 heterocycles. The summed E-state index contributed by atoms with van der Waals surface area (Å²) in [4.78, 5) is 0. The molecule has 8 heavy (non-hydrogen) atoms. The van der Waals surface area contributed by atoms with E-state index in [0.29, 0.717) is 6.17 Å². The van der Waals surface area contributed by atoms with Crippen LogP contribution in [0.25, 0.3) is 0 Å². The average molecular weight is 117 g/mol. The van der Waals surface area contributed by atoms with Gasteiger partial charge in [0.05, 0.1) is 6.17 Å². The molecule has 0 aromatic rings. The Morgan fingerprint density at radius 3 is 2.25 bits per heavy atom. The smallest absolute Gasteiger partial charge is 0.0722 e. The van der Waals surface area contributed by atoms with Gasteiger partial charge in [0.15, 0.2) is 0 Å². The molecule has 3 nitrogen and oxygen atoms in total. The van der Waals surface area contributed by atoms with Crippen LogP contribution >= 0.6 is 0 Å². The van der Waals surface area contributed by atoms with Gasteiger partial charge in [-0.2, -0.15) is 0 Å². The maximum Gasteiger partial charge on any atom is 0.0722 e. The molecule has 0 amide bonds. The lowest BCUT2D eigenvalue weighted by molar-refractivity contribution is 0.213. The highest BCUT2D eigenvalue weighted by molar-refractivity contribution is 4.53. The van der Waals surface area contributed by atoms with Crippen molar-refractivity contribution in [2.24, 2.45) is 5.84 Å². The standard InChI is InChI=1S/C5H15N3/c1-4-5(7-2)8(3)6/h5,7H,4,6H2,1-3H3. The van der Waals surface area contributed by atoms with Crippen LogP contribution in [0, 0.1) is 0 Å². The van der Waals surface area contributed by atoms with Crippen molar-refractivity contribution in [2.75, 3.05) is 14.1 Å². The van der Waals surface area contributed by atoms with Crippen molar-refractivity contribution in [3.8, 4) is 0 Å². The van der Waals surface area contributed by atoms with Crippen molar-refractivity contribution < 1.29 is 0 Å². The lowest BCUT2D eigenvalue weighted by Crippen LogP contribution is -2.45. The second-order valence-electron chi connectivity index (χ2n) is 1.88. The molecule has 0 fully saturated rings. The average Bonchev–Trinajstić information content (AvgIpc) is 1.69. The molecule has 0 saturated carbocycles. The van der Waals surface area contributed by atoms with Crippen LogP contribution in [0.2, 0.25) is 0 Å². The van der Waals surface area contributed by atoms with Crippen LogP contribution in [0.15, 0.2) is 0 Å². The van der Waals surface area contributed by atoms with Crippen molar-refractivity contribution >= 4 is 0 Å². The Morgan fingerprint density at radius 1 is 1.75 bits per heavy atom. The molecular formula is C5H15N3. The number of hydrogen-bond acceptors (Lipinski definition) is 3. The van der Waals surface area contributed by atoms with Gasteiger partial charge in [0.1, 0.15) is 0 Å². The van der Waals surface area contributed by atoms with E-state index >= 15 is 0 Å². The van der Waals surface area contributed by atoms with Crippen LogP contribution in [0.4, 0.5) is 0 Å². The molecule has 0 aromatic carbocycles. The molecule has 0 aliphatic carbocycles. The second-order valence-corrected chi connectivity index (χ2v) is 1.88. The number of nitrogens with two attached hydrogens (primary N) is 1. The highest BCUT2D eigenvalue weighted by Crippen LogP contribution is 1.88. The first-order valence-corrected chi connectivity index (χ1v) is 2.87. The number of hydrogen-bond donors (Lipinski definition) is 2. The third-order valence-corrected chi connectivity index (χ3v) is 1.21. The summed E-state index contributed by atoms with van der Waals surface area (Å²) in [6.45, 7) is 2.09. The Bertz CT molecular complexity index is 49.6. The molecule has 3 N–H and O–H groups in total. The first-order valence-electron chi connectivity index (χ1n) is 2.87. The monoisotopic (exact) mass is 117 g/mol. The molecule has 50 valence electrons. The van der Waals surface area contributed by atoms with Crippen molar-refractivity contribution in [3.63, 3.8) is 0 Å². The number of nitrogens with zero attached hydrogens (tertiary/aromatic N) is 1. The van der Waals surface area contributed by atoms with Gasteiger partial charge >= 0.3 is 0 Å². The minimum atomic E-state index is 0.315. The Kier molecular flexibility index (Phi) is 3.77. The SMILES string of the molecule is CCC(NC)N(C)N. The Labute approximate surface area is 50.8 Å². The predicted octanol–water partition coefficient (Wildman–Crippen LogP) is -0.253. The third kappa shape index (κ3) is 2.26. The van der Waals surface area contributed by atoms with E-state index in [-0.39, 0.29) is 0 Å². The molecular weight excluding hydrogens is 102 g/mol. The molecule has 0 bridgehead atoms. The maximum absolute atomic E-state index is 5.43. The lowest BCUT2D eigenvalue weighted by Gasteiger charge is -2.20. The molecule has 0 aliphatic rings. The summed E-state index contributed by atoms with van der Waals surface area (Å²) in [5, 5.41) is 4.72. The lowest BCUT2D eigenvalue weighted by atomic mass is 10.4. The van der Waals surface area contributed by atoms with E-state index in [2.05, 4.69) is 12.2 Å². The summed E-state index contributed by atoms with van der Waals surface area (Å²) in [5.74, 6) is 5.43. The van der Waals surface area contributed by atoms with Gasteiger partial charge in [-0.25, -0.2) is 5.01 Å². The van der Waals surface area contributed by atoms with Crippen LogP contribution < -0.4 is 11.2 Å². The van der Waals surface area contributed by atoms with Crippen LogP contribution in [0.1, 0.15) is 13.3 Å². The van der Waals surface area contributed by atoms with Crippen LogP contribution in [0.5, 0.6) is 0 Å². The highest BCUT2D eigenvalue weighted by Gasteiger charge is 2.02. The zero-order valence-electron chi connectivity index (χ0n) is 5.81. The van der Waals surface area contributed by atoms with Gasteiger partial charge < -0.3 is 5.32 Å². The third-order valence-electron chi connectivity index (χ3n) is 1.21. The van der Waals surface area contributed by atoms with E-state index in [4.69, 9.17) is 5.84 Å². The summed E-state index contributed by atoms with van der Waals surface area (Å²) in [6.07, 6.45) is 1.35. The Balaban J connectivity index is 3.35. The maximum atomic E-state index is 5.43. The Hall–Kier alpha value is -0.120. The van der Waals surface area contributed by atoms with Crippen molar-refractivity contribution in [1.29, 1.82) is 0 Å². The molecule has 0 rings (SSSR count). The molecule has 0 aromatic heterocycles. The fourth-order valence-electron chi connectivity index (χ4n) is 0.696. The normalized spacial score (nSPS) is 14.6. The number of rotatable bonds is 3. The van der Waals surface area contributed by atoms with Gasteiger partial charge in [-0.1, -0.05) is 6.92 Å². The fourth-order valence-corrected chi connectivity index (χ4v) is 0.696. The molecule has 1 unspecified atom stereocenters. The molecule has 0 aliphatic heterocycles. The second kappa shape index (κ2) is 3.83. The van der Waals surface area contributed by atoms with Gasteiger partial charge in [-0.15, -0.1) is 0 Å². The van der Waals surface area contributed by atoms with Crippen LogP contribution in [0.3, 0.4) is 0 Å². The topological polar surface area (TPSA) is 41.3 Å². The molecule has 0 radical (unpaired) electrons. The largest absolute Gasteiger partial charge is 0.304 e. The summed E-state index contributed by atoms with van der Waals surface area (Å²) >= 11 is 0. The van der Waals surface area contributed by atoms with E-state index < -0.39 is 0 Å². The zero-order valence-corrected chi connectivity index (χ0v) is 5.81. The van der Waals surface area contributed by atoms with Crippen LogP contribution in [-0.2, 0) is 0 Å². The van der Waals surface area contributed by atoms with Crippen molar-refractivity contribution in [2.45, 2.75) is 19.5 Å². The first-order chi connectivity index (χ1) is 3.72. The van der Waals surface area contributed by atoms with Crippen molar-refractivity contribution in [1.82, 2.24) is 10.3 Å². The van der Waals surface area contributed by atoms with Gasteiger partial charge in [0.25, 0.3) is 0 Å². The molecule has 1 atom stereocenters. The van der Waals surface area contributed by atoms with Gasteiger partial charge in [0, 0.05) is 7.05 Å². The first kappa shape index (κ1) is 7.88. The van der Waals surface area contributed by atoms with Gasteiger partial charge in [-0.05, 0) is 13.5 Å².